The molecule has 0 spiro atoms. The summed E-state index contributed by atoms with van der Waals surface area (Å²) in [4.78, 5) is 24.4. The molecule has 2 aromatic carbocycles. The predicted octanol–water partition coefficient (Wildman–Crippen LogP) is 2.22. The van der Waals surface area contributed by atoms with E-state index in [0.717, 1.165) is 27.8 Å². The van der Waals surface area contributed by atoms with Gasteiger partial charge in [0.1, 0.15) is 18.4 Å². The van der Waals surface area contributed by atoms with Crippen molar-refractivity contribution in [2.45, 2.75) is 38.6 Å². The van der Waals surface area contributed by atoms with Gasteiger partial charge in [-0.1, -0.05) is 42.5 Å². The molecule has 0 fully saturated rings. The lowest BCUT2D eigenvalue weighted by molar-refractivity contribution is -0.145. The van der Waals surface area contributed by atoms with Crippen molar-refractivity contribution >= 4 is 23.1 Å². The molecule has 0 radical (unpaired) electrons. The number of hydrogen-bond acceptors (Lipinski definition) is 6. The van der Waals surface area contributed by atoms with Crippen molar-refractivity contribution in [3.05, 3.63) is 70.3 Å². The first-order valence-electron chi connectivity index (χ1n) is 9.59. The maximum absolute atomic E-state index is 12.6. The summed E-state index contributed by atoms with van der Waals surface area (Å²) in [6.07, 6.45) is -0.464. The van der Waals surface area contributed by atoms with Gasteiger partial charge in [0.15, 0.2) is 5.78 Å². The van der Waals surface area contributed by atoms with Crippen LogP contribution in [0.25, 0.3) is 11.3 Å². The molecule has 0 unspecified atom stereocenters. The second-order valence-electron chi connectivity index (χ2n) is 7.36. The standard InChI is InChI=1S/C23H23NO5/c1-13(25)21(23(27)28-2)24-11-14-7-8-18-16(9-14)12-29-22(18)20-17-6-4-3-5-15(17)10-19(20)26/h3-9,13,21,24-25H,10-12H2,1-2H3/b22-20+/t13-,21+/m1/s1. The van der Waals surface area contributed by atoms with Gasteiger partial charge in [-0.25, -0.2) is 0 Å². The number of esters is 1. The normalized spacial score (nSPS) is 19.3. The molecule has 2 aromatic rings. The first-order chi connectivity index (χ1) is 14.0. The number of Topliss-reactive ketones (excluding diaryl/α,β-unsaturated/α-hetero) is 1. The van der Waals surface area contributed by atoms with Gasteiger partial charge < -0.3 is 14.6 Å². The molecular weight excluding hydrogens is 370 g/mol. The number of nitrogens with one attached hydrogen (secondary N) is 1. The number of aliphatic hydroxyl groups is 1. The van der Waals surface area contributed by atoms with E-state index >= 15 is 0 Å². The van der Waals surface area contributed by atoms with E-state index in [1.165, 1.54) is 7.11 Å². The summed E-state index contributed by atoms with van der Waals surface area (Å²) in [5, 5.41) is 12.8. The zero-order valence-electron chi connectivity index (χ0n) is 16.4. The summed E-state index contributed by atoms with van der Waals surface area (Å²) >= 11 is 0. The Morgan fingerprint density at radius 3 is 2.76 bits per heavy atom. The molecule has 4 rings (SSSR count). The topological polar surface area (TPSA) is 84.9 Å². The highest BCUT2D eigenvalue weighted by Gasteiger charge is 2.32. The largest absolute Gasteiger partial charge is 0.487 e. The van der Waals surface area contributed by atoms with Crippen LogP contribution in [-0.2, 0) is 38.6 Å². The number of fused-ring (bicyclic) bond motifs is 2. The number of hydrogen-bond donors (Lipinski definition) is 2. The second kappa shape index (κ2) is 7.81. The Kier molecular flexibility index (Phi) is 5.22. The van der Waals surface area contributed by atoms with Crippen LogP contribution in [-0.4, -0.2) is 36.1 Å². The van der Waals surface area contributed by atoms with Crippen LogP contribution in [0.4, 0.5) is 0 Å². The van der Waals surface area contributed by atoms with E-state index in [9.17, 15) is 14.7 Å². The highest BCUT2D eigenvalue weighted by atomic mass is 16.5. The van der Waals surface area contributed by atoms with Gasteiger partial charge in [0.05, 0.1) is 18.8 Å². The Hall–Kier alpha value is -2.96. The molecule has 2 aliphatic rings. The summed E-state index contributed by atoms with van der Waals surface area (Å²) in [5.41, 5.74) is 5.51. The molecule has 6 heteroatoms. The SMILES string of the molecule is COC(=O)[C@@H](NCc1ccc2c(c1)CO/C2=C1/C(=O)Cc2ccccc21)[C@@H](C)O. The lowest BCUT2D eigenvalue weighted by Gasteiger charge is -2.19. The molecule has 1 heterocycles. The fraction of sp³-hybridized carbons (Fsp3) is 0.304. The Bertz CT molecular complexity index is 1010. The van der Waals surface area contributed by atoms with Crippen molar-refractivity contribution in [1.29, 1.82) is 0 Å². The molecule has 1 aliphatic heterocycles. The molecule has 150 valence electrons. The summed E-state index contributed by atoms with van der Waals surface area (Å²) in [7, 11) is 1.30. The van der Waals surface area contributed by atoms with Gasteiger partial charge in [0.2, 0.25) is 0 Å². The maximum Gasteiger partial charge on any atom is 0.325 e. The Labute approximate surface area is 169 Å². The number of carbonyl (C=O) groups is 2. The summed E-state index contributed by atoms with van der Waals surface area (Å²) in [5.74, 6) is 0.221. The molecule has 1 aliphatic carbocycles. The van der Waals surface area contributed by atoms with Crippen LogP contribution in [0.5, 0.6) is 0 Å². The quantitative estimate of drug-likeness (QED) is 0.599. The number of allylic oxidation sites excluding steroid dienone is 1. The average molecular weight is 393 g/mol. The third-order valence-corrected chi connectivity index (χ3v) is 5.39. The van der Waals surface area contributed by atoms with Gasteiger partial charge in [-0.05, 0) is 23.6 Å². The Morgan fingerprint density at radius 2 is 2.00 bits per heavy atom. The van der Waals surface area contributed by atoms with Crippen LogP contribution >= 0.6 is 0 Å². The van der Waals surface area contributed by atoms with E-state index in [-0.39, 0.29) is 5.78 Å². The highest BCUT2D eigenvalue weighted by Crippen LogP contribution is 2.40. The van der Waals surface area contributed by atoms with E-state index < -0.39 is 18.1 Å². The van der Waals surface area contributed by atoms with Crippen LogP contribution < -0.4 is 5.32 Å². The third kappa shape index (κ3) is 3.57. The first-order valence-corrected chi connectivity index (χ1v) is 9.59. The van der Waals surface area contributed by atoms with Gasteiger partial charge in [0.25, 0.3) is 0 Å². The van der Waals surface area contributed by atoms with Crippen molar-refractivity contribution in [2.75, 3.05) is 7.11 Å². The fourth-order valence-electron chi connectivity index (χ4n) is 3.92. The van der Waals surface area contributed by atoms with Crippen molar-refractivity contribution in [2.24, 2.45) is 0 Å². The predicted molar refractivity (Wildman–Crippen MR) is 108 cm³/mol. The van der Waals surface area contributed by atoms with Gasteiger partial charge >= 0.3 is 5.97 Å². The number of ether oxygens (including phenoxy) is 2. The summed E-state index contributed by atoms with van der Waals surface area (Å²) < 4.78 is 10.7. The number of benzene rings is 2. The zero-order chi connectivity index (χ0) is 20.5. The summed E-state index contributed by atoms with van der Waals surface area (Å²) in [6.45, 7) is 2.33. The number of rotatable bonds is 5. The van der Waals surface area contributed by atoms with E-state index in [1.807, 2.05) is 42.5 Å². The van der Waals surface area contributed by atoms with Gasteiger partial charge in [-0.2, -0.15) is 0 Å². The highest BCUT2D eigenvalue weighted by molar-refractivity contribution is 6.31. The lowest BCUT2D eigenvalue weighted by Crippen LogP contribution is -2.45. The number of aliphatic hydroxyl groups excluding tert-OH is 1. The van der Waals surface area contributed by atoms with Crippen molar-refractivity contribution < 1.29 is 24.2 Å². The van der Waals surface area contributed by atoms with E-state index in [4.69, 9.17) is 9.47 Å². The molecule has 29 heavy (non-hydrogen) atoms. The fourth-order valence-corrected chi connectivity index (χ4v) is 3.92. The molecule has 6 nitrogen and oxygen atoms in total. The number of ketones is 1. The molecule has 0 saturated carbocycles. The Morgan fingerprint density at radius 1 is 1.21 bits per heavy atom. The molecule has 2 atom stereocenters. The zero-order valence-corrected chi connectivity index (χ0v) is 16.4. The number of methoxy groups -OCH3 is 1. The van der Waals surface area contributed by atoms with Crippen molar-refractivity contribution in [3.63, 3.8) is 0 Å². The van der Waals surface area contributed by atoms with Crippen LogP contribution in [0.3, 0.4) is 0 Å². The minimum absolute atomic E-state index is 0.0812. The van der Waals surface area contributed by atoms with E-state index in [0.29, 0.717) is 30.9 Å². The van der Waals surface area contributed by atoms with Gasteiger partial charge in [-0.3, -0.25) is 14.9 Å². The van der Waals surface area contributed by atoms with Crippen LogP contribution in [0.1, 0.15) is 34.7 Å². The molecule has 0 bridgehead atoms. The third-order valence-electron chi connectivity index (χ3n) is 5.39. The van der Waals surface area contributed by atoms with Crippen LogP contribution in [0.15, 0.2) is 42.5 Å². The first kappa shape index (κ1) is 19.4. The van der Waals surface area contributed by atoms with E-state index in [1.54, 1.807) is 6.92 Å². The minimum atomic E-state index is -0.870. The van der Waals surface area contributed by atoms with E-state index in [2.05, 4.69) is 5.32 Å². The average Bonchev–Trinajstić information content (AvgIpc) is 3.26. The molecule has 0 saturated heterocycles. The lowest BCUT2D eigenvalue weighted by atomic mass is 9.99. The molecule has 0 amide bonds. The van der Waals surface area contributed by atoms with Crippen LogP contribution in [0.2, 0.25) is 0 Å². The maximum atomic E-state index is 12.6. The monoisotopic (exact) mass is 393 g/mol. The second-order valence-corrected chi connectivity index (χ2v) is 7.36. The molecule has 2 N–H and O–H groups in total. The van der Waals surface area contributed by atoms with Gasteiger partial charge in [0, 0.05) is 24.1 Å². The van der Waals surface area contributed by atoms with Crippen molar-refractivity contribution in [1.82, 2.24) is 5.32 Å². The van der Waals surface area contributed by atoms with Crippen molar-refractivity contribution in [3.8, 4) is 0 Å². The summed E-state index contributed by atoms with van der Waals surface area (Å²) in [6, 6.07) is 12.9. The minimum Gasteiger partial charge on any atom is -0.487 e. The van der Waals surface area contributed by atoms with Crippen LogP contribution in [0, 0.1) is 0 Å². The Balaban J connectivity index is 1.59. The molecular formula is C23H23NO5. The molecule has 0 aromatic heterocycles. The smallest absolute Gasteiger partial charge is 0.325 e. The van der Waals surface area contributed by atoms with Gasteiger partial charge in [-0.15, -0.1) is 0 Å². The number of carbonyl (C=O) groups excluding carboxylic acids is 2.